The van der Waals surface area contributed by atoms with Crippen molar-refractivity contribution in [3.63, 3.8) is 0 Å². The highest BCUT2D eigenvalue weighted by Gasteiger charge is 2.17. The Morgan fingerprint density at radius 3 is 2.17 bits per heavy atom. The molecule has 18 heavy (non-hydrogen) atoms. The van der Waals surface area contributed by atoms with Crippen LogP contribution in [0.1, 0.15) is 27.2 Å². The molecule has 5 nitrogen and oxygen atoms in total. The number of anilines is 1. The van der Waals surface area contributed by atoms with E-state index in [1.165, 1.54) is 12.1 Å². The number of benzene rings is 1. The molecule has 0 bridgehead atoms. The van der Waals surface area contributed by atoms with E-state index in [1.807, 2.05) is 6.92 Å². The SMILES string of the molecule is CC(C)CC(C)NS(=O)(=O)c1ccc(NN)cc1. The molecule has 0 spiro atoms. The van der Waals surface area contributed by atoms with E-state index in [1.54, 1.807) is 12.1 Å². The lowest BCUT2D eigenvalue weighted by atomic mass is 10.1. The van der Waals surface area contributed by atoms with Gasteiger partial charge in [-0.2, -0.15) is 0 Å². The van der Waals surface area contributed by atoms with Gasteiger partial charge in [-0.1, -0.05) is 13.8 Å². The second-order valence-corrected chi connectivity index (χ2v) is 6.53. The van der Waals surface area contributed by atoms with Crippen LogP contribution in [0.3, 0.4) is 0 Å². The van der Waals surface area contributed by atoms with E-state index in [0.29, 0.717) is 11.6 Å². The average Bonchev–Trinajstić information content (AvgIpc) is 2.27. The van der Waals surface area contributed by atoms with Crippen molar-refractivity contribution in [2.75, 3.05) is 5.43 Å². The van der Waals surface area contributed by atoms with Crippen LogP contribution in [0, 0.1) is 5.92 Å². The van der Waals surface area contributed by atoms with Crippen LogP contribution in [0.5, 0.6) is 0 Å². The van der Waals surface area contributed by atoms with E-state index in [9.17, 15) is 8.42 Å². The zero-order valence-electron chi connectivity index (χ0n) is 11.0. The van der Waals surface area contributed by atoms with Gasteiger partial charge in [-0.25, -0.2) is 13.1 Å². The topological polar surface area (TPSA) is 84.2 Å². The van der Waals surface area contributed by atoms with Gasteiger partial charge in [0, 0.05) is 11.7 Å². The molecule has 0 heterocycles. The highest BCUT2D eigenvalue weighted by Crippen LogP contribution is 2.14. The molecule has 0 aliphatic heterocycles. The van der Waals surface area contributed by atoms with Crippen molar-refractivity contribution in [3.05, 3.63) is 24.3 Å². The molecular formula is C12H21N3O2S. The first kappa shape index (κ1) is 14.9. The monoisotopic (exact) mass is 271 g/mol. The quantitative estimate of drug-likeness (QED) is 0.543. The van der Waals surface area contributed by atoms with Crippen molar-refractivity contribution in [1.29, 1.82) is 0 Å². The van der Waals surface area contributed by atoms with Gasteiger partial charge in [-0.3, -0.25) is 5.84 Å². The molecule has 0 saturated heterocycles. The van der Waals surface area contributed by atoms with Crippen LogP contribution < -0.4 is 16.0 Å². The van der Waals surface area contributed by atoms with Crippen LogP contribution in [-0.4, -0.2) is 14.5 Å². The molecule has 1 rings (SSSR count). The Kier molecular flexibility index (Phi) is 5.13. The Morgan fingerprint density at radius 2 is 1.72 bits per heavy atom. The molecule has 0 aliphatic carbocycles. The highest BCUT2D eigenvalue weighted by atomic mass is 32.2. The van der Waals surface area contributed by atoms with Gasteiger partial charge in [0.15, 0.2) is 0 Å². The smallest absolute Gasteiger partial charge is 0.240 e. The van der Waals surface area contributed by atoms with E-state index in [0.717, 1.165) is 6.42 Å². The molecule has 4 N–H and O–H groups in total. The Bertz CT molecular complexity index is 469. The third-order valence-electron chi connectivity index (χ3n) is 2.51. The predicted molar refractivity (Wildman–Crippen MR) is 73.5 cm³/mol. The molecule has 1 aromatic carbocycles. The van der Waals surface area contributed by atoms with Crippen LogP contribution in [0.25, 0.3) is 0 Å². The lowest BCUT2D eigenvalue weighted by Gasteiger charge is -2.16. The maximum Gasteiger partial charge on any atom is 0.240 e. The Labute approximate surface area is 109 Å². The van der Waals surface area contributed by atoms with Gasteiger partial charge >= 0.3 is 0 Å². The number of rotatable bonds is 6. The number of hydrazine groups is 1. The normalized spacial score (nSPS) is 13.6. The highest BCUT2D eigenvalue weighted by molar-refractivity contribution is 7.89. The Morgan fingerprint density at radius 1 is 1.17 bits per heavy atom. The fraction of sp³-hybridized carbons (Fsp3) is 0.500. The maximum atomic E-state index is 12.1. The summed E-state index contributed by atoms with van der Waals surface area (Å²) in [4.78, 5) is 0.247. The molecule has 0 radical (unpaired) electrons. The van der Waals surface area contributed by atoms with Gasteiger partial charge in [0.05, 0.1) is 4.90 Å². The predicted octanol–water partition coefficient (Wildman–Crippen LogP) is 1.69. The summed E-state index contributed by atoms with van der Waals surface area (Å²) in [5.74, 6) is 5.68. The van der Waals surface area contributed by atoms with Crippen molar-refractivity contribution in [2.45, 2.75) is 38.1 Å². The first-order valence-corrected chi connectivity index (χ1v) is 7.42. The third-order valence-corrected chi connectivity index (χ3v) is 4.12. The van der Waals surface area contributed by atoms with Crippen LogP contribution >= 0.6 is 0 Å². The molecule has 0 aromatic heterocycles. The van der Waals surface area contributed by atoms with Crippen LogP contribution in [-0.2, 0) is 10.0 Å². The largest absolute Gasteiger partial charge is 0.324 e. The summed E-state index contributed by atoms with van der Waals surface area (Å²) in [6, 6.07) is 6.23. The number of nitrogens with two attached hydrogens (primary N) is 1. The van der Waals surface area contributed by atoms with Crippen molar-refractivity contribution in [1.82, 2.24) is 4.72 Å². The molecule has 102 valence electrons. The van der Waals surface area contributed by atoms with E-state index >= 15 is 0 Å². The molecular weight excluding hydrogens is 250 g/mol. The second-order valence-electron chi connectivity index (χ2n) is 4.82. The lowest BCUT2D eigenvalue weighted by Crippen LogP contribution is -2.33. The van der Waals surface area contributed by atoms with Gasteiger partial charge in [0.25, 0.3) is 0 Å². The fourth-order valence-electron chi connectivity index (χ4n) is 1.82. The van der Waals surface area contributed by atoms with Crippen molar-refractivity contribution in [3.8, 4) is 0 Å². The number of nitrogens with one attached hydrogen (secondary N) is 2. The van der Waals surface area contributed by atoms with Gasteiger partial charge in [0.2, 0.25) is 10.0 Å². The summed E-state index contributed by atoms with van der Waals surface area (Å²) in [7, 11) is -3.45. The van der Waals surface area contributed by atoms with Crippen LogP contribution in [0.15, 0.2) is 29.2 Å². The number of hydrogen-bond donors (Lipinski definition) is 3. The van der Waals surface area contributed by atoms with E-state index < -0.39 is 10.0 Å². The Hall–Kier alpha value is -1.11. The van der Waals surface area contributed by atoms with Crippen LogP contribution in [0.4, 0.5) is 5.69 Å². The molecule has 0 aliphatic rings. The van der Waals surface area contributed by atoms with E-state index in [2.05, 4.69) is 24.0 Å². The van der Waals surface area contributed by atoms with Crippen molar-refractivity contribution >= 4 is 15.7 Å². The average molecular weight is 271 g/mol. The van der Waals surface area contributed by atoms with Gasteiger partial charge in [-0.05, 0) is 43.5 Å². The van der Waals surface area contributed by atoms with Crippen molar-refractivity contribution < 1.29 is 8.42 Å². The number of nitrogen functional groups attached to an aromatic ring is 1. The Balaban J connectivity index is 2.79. The molecule has 1 unspecified atom stereocenters. The molecule has 1 atom stereocenters. The maximum absolute atomic E-state index is 12.1. The molecule has 0 saturated carbocycles. The minimum Gasteiger partial charge on any atom is -0.324 e. The van der Waals surface area contributed by atoms with E-state index in [4.69, 9.17) is 5.84 Å². The second kappa shape index (κ2) is 6.17. The van der Waals surface area contributed by atoms with Crippen molar-refractivity contribution in [2.24, 2.45) is 11.8 Å². The molecule has 6 heteroatoms. The third kappa shape index (κ3) is 4.29. The van der Waals surface area contributed by atoms with E-state index in [-0.39, 0.29) is 10.9 Å². The summed E-state index contributed by atoms with van der Waals surface area (Å²) in [6.07, 6.45) is 0.807. The summed E-state index contributed by atoms with van der Waals surface area (Å²) in [5.41, 5.74) is 3.13. The molecule has 0 amide bonds. The first-order valence-electron chi connectivity index (χ1n) is 5.94. The van der Waals surface area contributed by atoms with Gasteiger partial charge < -0.3 is 5.43 Å². The summed E-state index contributed by atoms with van der Waals surface area (Å²) in [6.45, 7) is 5.99. The first-order chi connectivity index (χ1) is 8.35. The van der Waals surface area contributed by atoms with Gasteiger partial charge in [-0.15, -0.1) is 0 Å². The fourth-order valence-corrected chi connectivity index (χ4v) is 3.07. The summed E-state index contributed by atoms with van der Waals surface area (Å²) >= 11 is 0. The standard InChI is InChI=1S/C12H21N3O2S/c1-9(2)8-10(3)15-18(16,17)12-6-4-11(14-13)5-7-12/h4-7,9-10,14-15H,8,13H2,1-3H3. The summed E-state index contributed by atoms with van der Waals surface area (Å²) < 4.78 is 26.8. The zero-order chi connectivity index (χ0) is 13.8. The zero-order valence-corrected chi connectivity index (χ0v) is 11.8. The number of sulfonamides is 1. The summed E-state index contributed by atoms with van der Waals surface area (Å²) in [5, 5.41) is 0. The molecule has 1 aromatic rings. The number of hydrogen-bond acceptors (Lipinski definition) is 4. The minimum absolute atomic E-state index is 0.0812. The lowest BCUT2D eigenvalue weighted by molar-refractivity contribution is 0.482. The minimum atomic E-state index is -3.45. The van der Waals surface area contributed by atoms with Gasteiger partial charge in [0.1, 0.15) is 0 Å². The van der Waals surface area contributed by atoms with Crippen LogP contribution in [0.2, 0.25) is 0 Å². The molecule has 0 fully saturated rings.